The summed E-state index contributed by atoms with van der Waals surface area (Å²) in [7, 11) is 0. The molecule has 1 fully saturated rings. The highest BCUT2D eigenvalue weighted by molar-refractivity contribution is 4.96. The molecule has 3 atom stereocenters. The van der Waals surface area contributed by atoms with E-state index < -0.39 is 0 Å². The predicted molar refractivity (Wildman–Crippen MR) is 64.8 cm³/mol. The molecule has 3 unspecified atom stereocenters. The number of rotatable bonds is 6. The summed E-state index contributed by atoms with van der Waals surface area (Å²) in [6.45, 7) is 4.87. The first kappa shape index (κ1) is 13.5. The van der Waals surface area contributed by atoms with E-state index in [0.717, 1.165) is 32.1 Å². The summed E-state index contributed by atoms with van der Waals surface area (Å²) in [6, 6.07) is 2.65. The van der Waals surface area contributed by atoms with E-state index in [1.54, 1.807) is 0 Å². The lowest BCUT2D eigenvalue weighted by Gasteiger charge is -2.23. The summed E-state index contributed by atoms with van der Waals surface area (Å²) >= 11 is 0. The zero-order chi connectivity index (χ0) is 12.0. The van der Waals surface area contributed by atoms with Gasteiger partial charge < -0.3 is 10.4 Å². The average Bonchev–Trinajstić information content (AvgIpc) is 2.75. The van der Waals surface area contributed by atoms with Gasteiger partial charge >= 0.3 is 0 Å². The van der Waals surface area contributed by atoms with Gasteiger partial charge in [0.1, 0.15) is 0 Å². The van der Waals surface area contributed by atoms with Crippen LogP contribution in [0, 0.1) is 23.2 Å². The van der Waals surface area contributed by atoms with Gasteiger partial charge in [0.25, 0.3) is 0 Å². The van der Waals surface area contributed by atoms with E-state index in [9.17, 15) is 5.11 Å². The third kappa shape index (κ3) is 3.47. The molecule has 0 aliphatic heterocycles. The van der Waals surface area contributed by atoms with Crippen LogP contribution in [-0.2, 0) is 0 Å². The van der Waals surface area contributed by atoms with Crippen molar-refractivity contribution >= 4 is 0 Å². The minimum atomic E-state index is -0.269. The molecular weight excluding hydrogens is 200 g/mol. The van der Waals surface area contributed by atoms with E-state index in [-0.39, 0.29) is 12.0 Å². The van der Waals surface area contributed by atoms with Crippen LogP contribution in [0.15, 0.2) is 0 Å². The summed E-state index contributed by atoms with van der Waals surface area (Å²) in [4.78, 5) is 0. The van der Waals surface area contributed by atoms with E-state index in [2.05, 4.69) is 25.2 Å². The number of nitrogens with zero attached hydrogens (tertiary/aromatic N) is 1. The maximum absolute atomic E-state index is 9.98. The molecule has 16 heavy (non-hydrogen) atoms. The predicted octanol–water partition coefficient (Wildman–Crippen LogP) is 2.07. The van der Waals surface area contributed by atoms with Crippen LogP contribution >= 0.6 is 0 Å². The van der Waals surface area contributed by atoms with Gasteiger partial charge in [-0.25, -0.2) is 0 Å². The molecular formula is C13H24N2O. The highest BCUT2D eigenvalue weighted by Gasteiger charge is 2.27. The van der Waals surface area contributed by atoms with Gasteiger partial charge in [0.05, 0.1) is 18.1 Å². The molecule has 2 N–H and O–H groups in total. The minimum absolute atomic E-state index is 0.147. The zero-order valence-electron chi connectivity index (χ0n) is 10.4. The van der Waals surface area contributed by atoms with Gasteiger partial charge in [0, 0.05) is 12.6 Å². The minimum Gasteiger partial charge on any atom is -0.392 e. The molecule has 0 heterocycles. The lowest BCUT2D eigenvalue weighted by molar-refractivity contribution is 0.0974. The maximum Gasteiger partial charge on any atom is 0.0692 e. The van der Waals surface area contributed by atoms with Crippen LogP contribution in [0.5, 0.6) is 0 Å². The van der Waals surface area contributed by atoms with E-state index >= 15 is 0 Å². The first-order valence-electron chi connectivity index (χ1n) is 6.53. The Morgan fingerprint density at radius 1 is 1.38 bits per heavy atom. The molecule has 0 aromatic carbocycles. The third-order valence-corrected chi connectivity index (χ3v) is 3.86. The number of aliphatic hydroxyl groups excluding tert-OH is 1. The quantitative estimate of drug-likeness (QED) is 0.726. The number of hydrogen-bond donors (Lipinski definition) is 2. The van der Waals surface area contributed by atoms with Crippen molar-refractivity contribution in [2.75, 3.05) is 6.54 Å². The Morgan fingerprint density at radius 3 is 2.62 bits per heavy atom. The van der Waals surface area contributed by atoms with Crippen molar-refractivity contribution in [1.82, 2.24) is 5.32 Å². The molecule has 1 aliphatic carbocycles. The Balaban J connectivity index is 2.31. The molecule has 0 saturated heterocycles. The van der Waals surface area contributed by atoms with Crippen LogP contribution in [0.1, 0.15) is 46.0 Å². The number of hydrogen-bond acceptors (Lipinski definition) is 3. The van der Waals surface area contributed by atoms with Crippen molar-refractivity contribution in [3.8, 4) is 6.07 Å². The van der Waals surface area contributed by atoms with Crippen molar-refractivity contribution < 1.29 is 5.11 Å². The molecule has 0 aromatic heterocycles. The standard InChI is InChI=1S/C13H24N2O/c1-3-10(4-2)13(16)9-15-12-7-5-6-11(12)8-14/h10-13,15-16H,3-7,9H2,1-2H3. The normalized spacial score (nSPS) is 26.9. The lowest BCUT2D eigenvalue weighted by atomic mass is 9.96. The third-order valence-electron chi connectivity index (χ3n) is 3.86. The van der Waals surface area contributed by atoms with Crippen LogP contribution < -0.4 is 5.32 Å². The molecule has 0 amide bonds. The molecule has 3 nitrogen and oxygen atoms in total. The van der Waals surface area contributed by atoms with E-state index in [1.165, 1.54) is 0 Å². The van der Waals surface area contributed by atoms with Gasteiger partial charge in [0.2, 0.25) is 0 Å². The van der Waals surface area contributed by atoms with Crippen LogP contribution in [0.4, 0.5) is 0 Å². The van der Waals surface area contributed by atoms with Crippen LogP contribution in [0.3, 0.4) is 0 Å². The molecule has 92 valence electrons. The van der Waals surface area contributed by atoms with E-state index in [4.69, 9.17) is 5.26 Å². The Labute approximate surface area is 98.8 Å². The highest BCUT2D eigenvalue weighted by Crippen LogP contribution is 2.25. The first-order valence-corrected chi connectivity index (χ1v) is 6.53. The van der Waals surface area contributed by atoms with Crippen molar-refractivity contribution in [2.24, 2.45) is 11.8 Å². The Bertz CT molecular complexity index is 233. The summed E-state index contributed by atoms with van der Waals surface area (Å²) in [6.07, 6.45) is 4.99. The summed E-state index contributed by atoms with van der Waals surface area (Å²) in [5, 5.41) is 22.3. The van der Waals surface area contributed by atoms with Gasteiger partial charge in [-0.3, -0.25) is 0 Å². The SMILES string of the molecule is CCC(CC)C(O)CNC1CCCC1C#N. The second-order valence-electron chi connectivity index (χ2n) is 4.83. The molecule has 3 heteroatoms. The second-order valence-corrected chi connectivity index (χ2v) is 4.83. The van der Waals surface area contributed by atoms with Gasteiger partial charge in [-0.1, -0.05) is 33.1 Å². The summed E-state index contributed by atoms with van der Waals surface area (Å²) in [5.41, 5.74) is 0. The van der Waals surface area contributed by atoms with Crippen LogP contribution in [-0.4, -0.2) is 23.8 Å². The smallest absolute Gasteiger partial charge is 0.0692 e. The lowest BCUT2D eigenvalue weighted by Crippen LogP contribution is -2.40. The fraction of sp³-hybridized carbons (Fsp3) is 0.923. The monoisotopic (exact) mass is 224 g/mol. The van der Waals surface area contributed by atoms with E-state index in [1.807, 2.05) is 0 Å². The average molecular weight is 224 g/mol. The molecule has 0 radical (unpaired) electrons. The largest absolute Gasteiger partial charge is 0.392 e. The highest BCUT2D eigenvalue weighted by atomic mass is 16.3. The van der Waals surface area contributed by atoms with Crippen molar-refractivity contribution in [2.45, 2.75) is 58.1 Å². The van der Waals surface area contributed by atoms with Crippen molar-refractivity contribution in [1.29, 1.82) is 5.26 Å². The van der Waals surface area contributed by atoms with Crippen molar-refractivity contribution in [3.63, 3.8) is 0 Å². The van der Waals surface area contributed by atoms with Gasteiger partial charge in [-0.2, -0.15) is 5.26 Å². The fourth-order valence-corrected chi connectivity index (χ4v) is 2.63. The van der Waals surface area contributed by atoms with Crippen molar-refractivity contribution in [3.05, 3.63) is 0 Å². The molecule has 1 aliphatic rings. The maximum atomic E-state index is 9.98. The topological polar surface area (TPSA) is 56.0 Å². The molecule has 0 aromatic rings. The molecule has 0 spiro atoms. The fourth-order valence-electron chi connectivity index (χ4n) is 2.63. The first-order chi connectivity index (χ1) is 7.72. The summed E-state index contributed by atoms with van der Waals surface area (Å²) < 4.78 is 0. The second kappa shape index (κ2) is 6.88. The number of nitriles is 1. The zero-order valence-corrected chi connectivity index (χ0v) is 10.4. The van der Waals surface area contributed by atoms with Crippen LogP contribution in [0.25, 0.3) is 0 Å². The molecule has 1 saturated carbocycles. The van der Waals surface area contributed by atoms with Gasteiger partial charge in [-0.15, -0.1) is 0 Å². The molecule has 0 bridgehead atoms. The molecule has 1 rings (SSSR count). The van der Waals surface area contributed by atoms with E-state index in [0.29, 0.717) is 18.5 Å². The summed E-state index contributed by atoms with van der Waals surface area (Å²) in [5.74, 6) is 0.531. The number of nitrogens with one attached hydrogen (secondary N) is 1. The van der Waals surface area contributed by atoms with Gasteiger partial charge in [0.15, 0.2) is 0 Å². The Hall–Kier alpha value is -0.590. The van der Waals surface area contributed by atoms with Crippen LogP contribution in [0.2, 0.25) is 0 Å². The van der Waals surface area contributed by atoms with Gasteiger partial charge in [-0.05, 0) is 18.8 Å². The Kier molecular flexibility index (Phi) is 5.79. The Morgan fingerprint density at radius 2 is 2.06 bits per heavy atom. The number of aliphatic hydroxyl groups is 1.